The number of hydrogen-bond acceptors (Lipinski definition) is 3. The van der Waals surface area contributed by atoms with Crippen molar-refractivity contribution in [3.8, 4) is 5.75 Å². The third-order valence-corrected chi connectivity index (χ3v) is 6.85. The predicted molar refractivity (Wildman–Crippen MR) is 87.8 cm³/mol. The molecule has 0 N–H and O–H groups in total. The summed E-state index contributed by atoms with van der Waals surface area (Å²) >= 11 is 0. The monoisotopic (exact) mass is 366 g/mol. The zero-order valence-corrected chi connectivity index (χ0v) is 14.6. The number of rotatable bonds is 1. The summed E-state index contributed by atoms with van der Waals surface area (Å²) in [6.07, 6.45) is 0.108. The van der Waals surface area contributed by atoms with Gasteiger partial charge in [0.05, 0.1) is 0 Å². The molecular weight excluding hydrogens is 345 g/mol. The van der Waals surface area contributed by atoms with E-state index >= 15 is 0 Å². The van der Waals surface area contributed by atoms with E-state index in [9.17, 15) is 22.8 Å². The van der Waals surface area contributed by atoms with E-state index in [1.807, 2.05) is 6.07 Å². The highest BCUT2D eigenvalue weighted by molar-refractivity contribution is 5.87. The molecule has 0 radical (unpaired) electrons. The highest BCUT2D eigenvalue weighted by Crippen LogP contribution is 2.59. The van der Waals surface area contributed by atoms with Gasteiger partial charge in [-0.15, -0.1) is 0 Å². The van der Waals surface area contributed by atoms with Crippen LogP contribution in [0.1, 0.15) is 56.1 Å². The first-order valence-corrected chi connectivity index (χ1v) is 9.15. The Labute approximate surface area is 149 Å². The van der Waals surface area contributed by atoms with Crippen LogP contribution in [0.3, 0.4) is 0 Å². The second-order valence-electron chi connectivity index (χ2n) is 8.08. The van der Waals surface area contributed by atoms with Crippen molar-refractivity contribution in [3.63, 3.8) is 0 Å². The van der Waals surface area contributed by atoms with E-state index < -0.39 is 12.1 Å². The van der Waals surface area contributed by atoms with Gasteiger partial charge in [0.15, 0.2) is 0 Å². The van der Waals surface area contributed by atoms with Crippen LogP contribution in [0, 0.1) is 17.3 Å². The summed E-state index contributed by atoms with van der Waals surface area (Å²) < 4.78 is 41.6. The van der Waals surface area contributed by atoms with Gasteiger partial charge in [0, 0.05) is 11.8 Å². The fourth-order valence-corrected chi connectivity index (χ4v) is 5.56. The Bertz CT molecular complexity index is 770. The van der Waals surface area contributed by atoms with E-state index in [1.54, 1.807) is 6.07 Å². The number of ether oxygens (including phenoxy) is 1. The van der Waals surface area contributed by atoms with Crippen LogP contribution >= 0.6 is 0 Å². The van der Waals surface area contributed by atoms with Gasteiger partial charge in [0.25, 0.3) is 0 Å². The zero-order valence-electron chi connectivity index (χ0n) is 14.6. The van der Waals surface area contributed by atoms with Gasteiger partial charge in [-0.1, -0.05) is 13.0 Å². The van der Waals surface area contributed by atoms with Crippen LogP contribution in [0.25, 0.3) is 0 Å². The molecule has 1 aromatic carbocycles. The van der Waals surface area contributed by atoms with E-state index in [0.29, 0.717) is 30.0 Å². The number of ketones is 1. The van der Waals surface area contributed by atoms with Gasteiger partial charge >= 0.3 is 12.1 Å². The molecule has 0 aliphatic heterocycles. The van der Waals surface area contributed by atoms with Crippen LogP contribution in [0.4, 0.5) is 13.2 Å². The first kappa shape index (κ1) is 17.6. The minimum atomic E-state index is -5.00. The number of esters is 1. The predicted octanol–water partition coefficient (Wildman–Crippen LogP) is 4.58. The maximum atomic E-state index is 12.4. The summed E-state index contributed by atoms with van der Waals surface area (Å²) in [4.78, 5) is 23.4. The maximum absolute atomic E-state index is 12.4. The first-order chi connectivity index (χ1) is 12.2. The second-order valence-corrected chi connectivity index (χ2v) is 8.08. The van der Waals surface area contributed by atoms with Crippen molar-refractivity contribution in [2.75, 3.05) is 0 Å². The van der Waals surface area contributed by atoms with Gasteiger partial charge in [-0.2, -0.15) is 13.2 Å². The summed E-state index contributed by atoms with van der Waals surface area (Å²) in [5.74, 6) is -0.651. The summed E-state index contributed by atoms with van der Waals surface area (Å²) in [5.41, 5.74) is 1.92. The largest absolute Gasteiger partial charge is 0.491 e. The van der Waals surface area contributed by atoms with Crippen molar-refractivity contribution in [1.29, 1.82) is 0 Å². The molecule has 26 heavy (non-hydrogen) atoms. The van der Waals surface area contributed by atoms with Crippen molar-refractivity contribution < 1.29 is 27.5 Å². The Hall–Kier alpha value is -1.85. The Morgan fingerprint density at radius 1 is 1.19 bits per heavy atom. The lowest BCUT2D eigenvalue weighted by atomic mass is 9.55. The van der Waals surface area contributed by atoms with Crippen LogP contribution in [-0.2, 0) is 16.0 Å². The summed E-state index contributed by atoms with van der Waals surface area (Å²) in [5, 5.41) is 0. The van der Waals surface area contributed by atoms with Gasteiger partial charge in [0.1, 0.15) is 11.5 Å². The second kappa shape index (κ2) is 5.83. The van der Waals surface area contributed by atoms with E-state index in [0.717, 1.165) is 43.2 Å². The molecule has 0 unspecified atom stereocenters. The molecule has 4 atom stereocenters. The van der Waals surface area contributed by atoms with E-state index in [2.05, 4.69) is 11.7 Å². The molecule has 0 aromatic heterocycles. The molecule has 3 aliphatic carbocycles. The average Bonchev–Trinajstić information content (AvgIpc) is 2.89. The standard InChI is InChI=1S/C20H21F3O3/c1-19-9-8-14-13-5-3-12(26-18(25)20(21,22)23)10-11(13)2-4-15(14)16(19)6-7-17(19)24/h3,5,10,14-16H,2,4,6-9H2,1H3/t14-,15-,16+,19+/m1/s1. The van der Waals surface area contributed by atoms with Gasteiger partial charge in [-0.05, 0) is 73.1 Å². The molecule has 3 aliphatic rings. The minimum absolute atomic E-state index is 0.0544. The smallest absolute Gasteiger partial charge is 0.420 e. The van der Waals surface area contributed by atoms with E-state index in [1.165, 1.54) is 6.07 Å². The van der Waals surface area contributed by atoms with E-state index in [-0.39, 0.29) is 11.2 Å². The summed E-state index contributed by atoms with van der Waals surface area (Å²) in [7, 11) is 0. The fourth-order valence-electron chi connectivity index (χ4n) is 5.56. The lowest BCUT2D eigenvalue weighted by Gasteiger charge is -2.48. The molecular formula is C20H21F3O3. The first-order valence-electron chi connectivity index (χ1n) is 9.15. The molecule has 4 rings (SSSR count). The molecule has 0 amide bonds. The zero-order chi connectivity index (χ0) is 18.7. The molecule has 6 heteroatoms. The van der Waals surface area contributed by atoms with Crippen LogP contribution in [-0.4, -0.2) is 17.9 Å². The highest BCUT2D eigenvalue weighted by atomic mass is 19.4. The van der Waals surface area contributed by atoms with Gasteiger partial charge in [0.2, 0.25) is 0 Å². The van der Waals surface area contributed by atoms with Gasteiger partial charge in [-0.25, -0.2) is 4.79 Å². The fraction of sp³-hybridized carbons (Fsp3) is 0.600. The number of alkyl halides is 3. The number of carbonyl (C=O) groups is 2. The SMILES string of the molecule is C[C@]12CC[C@@H]3c4ccc(OC(=O)C(F)(F)F)cc4CC[C@H]3[C@@H]1CCC2=O. The normalized spacial score (nSPS) is 33.2. The number of benzene rings is 1. The van der Waals surface area contributed by atoms with Gasteiger partial charge in [-0.3, -0.25) is 4.79 Å². The van der Waals surface area contributed by atoms with Crippen molar-refractivity contribution in [1.82, 2.24) is 0 Å². The molecule has 3 nitrogen and oxygen atoms in total. The van der Waals surface area contributed by atoms with Crippen LogP contribution < -0.4 is 4.74 Å². The summed E-state index contributed by atoms with van der Waals surface area (Å²) in [6, 6.07) is 4.84. The lowest BCUT2D eigenvalue weighted by Crippen LogP contribution is -2.42. The number of halogens is 3. The molecule has 140 valence electrons. The van der Waals surface area contributed by atoms with Gasteiger partial charge < -0.3 is 4.74 Å². The highest BCUT2D eigenvalue weighted by Gasteiger charge is 2.54. The number of hydrogen-bond donors (Lipinski definition) is 0. The molecule has 0 bridgehead atoms. The van der Waals surface area contributed by atoms with E-state index in [4.69, 9.17) is 0 Å². The van der Waals surface area contributed by atoms with Crippen LogP contribution in [0.2, 0.25) is 0 Å². The Morgan fingerprint density at radius 2 is 1.96 bits per heavy atom. The molecule has 2 fully saturated rings. The lowest BCUT2D eigenvalue weighted by molar-refractivity contribution is -0.189. The minimum Gasteiger partial charge on any atom is -0.420 e. The summed E-state index contributed by atoms with van der Waals surface area (Å²) in [6.45, 7) is 2.11. The molecule has 0 spiro atoms. The molecule has 2 saturated carbocycles. The quantitative estimate of drug-likeness (QED) is 0.540. The maximum Gasteiger partial charge on any atom is 0.491 e. The molecule has 0 saturated heterocycles. The van der Waals surface area contributed by atoms with Crippen molar-refractivity contribution >= 4 is 11.8 Å². The Balaban J connectivity index is 1.58. The Kier molecular flexibility index (Phi) is 3.93. The number of carbonyl (C=O) groups excluding carboxylic acids is 2. The van der Waals surface area contributed by atoms with Crippen LogP contribution in [0.5, 0.6) is 5.75 Å². The topological polar surface area (TPSA) is 43.4 Å². The van der Waals surface area contributed by atoms with Crippen molar-refractivity contribution in [2.45, 2.75) is 57.5 Å². The molecule has 0 heterocycles. The molecule has 1 aromatic rings. The number of aryl methyl sites for hydroxylation is 1. The Morgan fingerprint density at radius 3 is 2.69 bits per heavy atom. The van der Waals surface area contributed by atoms with Crippen molar-refractivity contribution in [3.05, 3.63) is 29.3 Å². The third-order valence-electron chi connectivity index (χ3n) is 6.85. The number of fused-ring (bicyclic) bond motifs is 5. The average molecular weight is 366 g/mol. The van der Waals surface area contributed by atoms with Crippen LogP contribution in [0.15, 0.2) is 18.2 Å². The van der Waals surface area contributed by atoms with Crippen molar-refractivity contribution in [2.24, 2.45) is 17.3 Å². The third kappa shape index (κ3) is 2.65. The number of Topliss-reactive ketones (excluding diaryl/α,β-unsaturated/α-hetero) is 1.